The first kappa shape index (κ1) is 20.6. The first-order valence-electron chi connectivity index (χ1n) is 7.44. The molecule has 0 aliphatic carbocycles. The zero-order valence-corrected chi connectivity index (χ0v) is 16.8. The highest BCUT2D eigenvalue weighted by Crippen LogP contribution is 2.37. The van der Waals surface area contributed by atoms with Crippen molar-refractivity contribution in [3.8, 4) is 17.6 Å². The largest absolute Gasteiger partial charge is 0.478 e. The van der Waals surface area contributed by atoms with Crippen LogP contribution in [0.25, 0.3) is 16.9 Å². The molecule has 28 heavy (non-hydrogen) atoms. The molecule has 3 rings (SSSR count). The third-order valence-corrected chi connectivity index (χ3v) is 5.48. The Labute approximate surface area is 167 Å². The van der Waals surface area contributed by atoms with Gasteiger partial charge >= 0.3 is 6.61 Å². The van der Waals surface area contributed by atoms with Crippen molar-refractivity contribution in [2.75, 3.05) is 13.4 Å². The minimum Gasteiger partial charge on any atom is -0.478 e. The summed E-state index contributed by atoms with van der Waals surface area (Å²) in [5.74, 6) is -0.601. The maximum Gasteiger partial charge on any atom is 0.387 e. The summed E-state index contributed by atoms with van der Waals surface area (Å²) >= 11 is 7.06. The number of rotatable bonds is 6. The lowest BCUT2D eigenvalue weighted by atomic mass is 10.2. The minimum absolute atomic E-state index is 0.0371. The van der Waals surface area contributed by atoms with Gasteiger partial charge in [0, 0.05) is 16.6 Å². The smallest absolute Gasteiger partial charge is 0.387 e. The van der Waals surface area contributed by atoms with Crippen LogP contribution in [0.2, 0.25) is 5.02 Å². The summed E-state index contributed by atoms with van der Waals surface area (Å²) in [7, 11) is -2.83. The summed E-state index contributed by atoms with van der Waals surface area (Å²) in [5.41, 5.74) is 0.355. The normalized spacial score (nSPS) is 12.0. The number of halogens is 3. The lowest BCUT2D eigenvalue weighted by molar-refractivity contribution is -0.0539. The quantitative estimate of drug-likeness (QED) is 0.454. The van der Waals surface area contributed by atoms with E-state index in [-0.39, 0.29) is 27.5 Å². The number of methoxy groups -OCH3 is 1. The molecule has 0 radical (unpaired) electrons. The van der Waals surface area contributed by atoms with Gasteiger partial charge in [-0.1, -0.05) is 11.6 Å². The molecule has 0 amide bonds. The molecule has 0 aliphatic heterocycles. The first-order chi connectivity index (χ1) is 13.2. The van der Waals surface area contributed by atoms with Gasteiger partial charge in [-0.05, 0) is 24.5 Å². The van der Waals surface area contributed by atoms with E-state index in [1.54, 1.807) is 6.26 Å². The topological polar surface area (TPSA) is 109 Å². The Balaban J connectivity index is 2.32. The number of nitrogens with zero attached hydrogens (tertiary/aromatic N) is 3. The molecule has 2 aromatic heterocycles. The van der Waals surface area contributed by atoms with Gasteiger partial charge in [0.1, 0.15) is 9.92 Å². The van der Waals surface area contributed by atoms with Gasteiger partial charge in [0.05, 0.1) is 12.6 Å². The van der Waals surface area contributed by atoms with Crippen molar-refractivity contribution in [2.24, 2.45) is 5.14 Å². The lowest BCUT2D eigenvalue weighted by Gasteiger charge is -2.14. The number of hydrogen-bond acceptors (Lipinski definition) is 7. The molecule has 0 unspecified atom stereocenters. The van der Waals surface area contributed by atoms with Gasteiger partial charge in [0.2, 0.25) is 21.7 Å². The van der Waals surface area contributed by atoms with E-state index < -0.39 is 16.6 Å². The van der Waals surface area contributed by atoms with E-state index in [1.807, 2.05) is 0 Å². The number of thioether (sulfide) groups is 1. The molecule has 0 bridgehead atoms. The number of hydrogen-bond donors (Lipinski definition) is 1. The molecule has 150 valence electrons. The van der Waals surface area contributed by atoms with Crippen molar-refractivity contribution < 1.29 is 26.7 Å². The van der Waals surface area contributed by atoms with E-state index in [4.69, 9.17) is 21.5 Å². The Kier molecular flexibility index (Phi) is 5.66. The predicted octanol–water partition coefficient (Wildman–Crippen LogP) is 3.05. The summed E-state index contributed by atoms with van der Waals surface area (Å²) < 4.78 is 60.2. The Morgan fingerprint density at radius 1 is 1.32 bits per heavy atom. The second-order valence-corrected chi connectivity index (χ2v) is 8.08. The maximum absolute atomic E-state index is 12.7. The summed E-state index contributed by atoms with van der Waals surface area (Å²) in [6.07, 6.45) is 2.83. The number of ether oxygens (including phenoxy) is 2. The summed E-state index contributed by atoms with van der Waals surface area (Å²) in [5, 5.41) is 6.00. The van der Waals surface area contributed by atoms with Crippen molar-refractivity contribution >= 4 is 44.3 Å². The third kappa shape index (κ3) is 3.85. The molecule has 0 fully saturated rings. The minimum atomic E-state index is -4.06. The fraction of sp³-hybridized carbons (Fsp3) is 0.200. The van der Waals surface area contributed by atoms with E-state index in [1.165, 1.54) is 36.1 Å². The zero-order chi connectivity index (χ0) is 20.6. The molecular formula is C15H13ClF2N4O4S2. The van der Waals surface area contributed by atoms with Crippen molar-refractivity contribution in [1.82, 2.24) is 14.5 Å². The number of alkyl halides is 2. The van der Waals surface area contributed by atoms with Crippen LogP contribution in [0.5, 0.6) is 11.6 Å². The van der Waals surface area contributed by atoms with Crippen molar-refractivity contribution in [3.63, 3.8) is 0 Å². The van der Waals surface area contributed by atoms with Crippen molar-refractivity contribution in [2.45, 2.75) is 16.5 Å². The fourth-order valence-electron chi connectivity index (χ4n) is 2.53. The Bertz CT molecular complexity index is 1130. The number of fused-ring (bicyclic) bond motifs is 1. The Hall–Kier alpha value is -2.15. The molecule has 0 atom stereocenters. The van der Waals surface area contributed by atoms with Gasteiger partial charge in [0.25, 0.3) is 5.88 Å². The van der Waals surface area contributed by atoms with E-state index in [0.717, 1.165) is 11.8 Å². The third-order valence-electron chi connectivity index (χ3n) is 3.64. The highest BCUT2D eigenvalue weighted by molar-refractivity contribution is 7.98. The molecule has 0 saturated heterocycles. The van der Waals surface area contributed by atoms with Gasteiger partial charge in [-0.15, -0.1) is 11.8 Å². The molecule has 0 aliphatic rings. The molecule has 0 saturated carbocycles. The summed E-state index contributed by atoms with van der Waals surface area (Å²) in [6.45, 7) is -3.10. The van der Waals surface area contributed by atoms with Crippen molar-refractivity contribution in [3.05, 3.63) is 29.4 Å². The molecular weight excluding hydrogens is 438 g/mol. The number of aromatic nitrogens is 3. The highest BCUT2D eigenvalue weighted by atomic mass is 35.5. The SMILES string of the molecule is COc1nc(-n2cc(S(N)(=O)=O)c3ccc(Cl)cc32)nc(SC)c1OC(F)F. The van der Waals surface area contributed by atoms with Crippen LogP contribution in [-0.4, -0.2) is 42.9 Å². The zero-order valence-electron chi connectivity index (χ0n) is 14.4. The van der Waals surface area contributed by atoms with Crippen LogP contribution in [0.3, 0.4) is 0 Å². The average molecular weight is 451 g/mol. The van der Waals surface area contributed by atoms with E-state index in [0.29, 0.717) is 15.9 Å². The van der Waals surface area contributed by atoms with Gasteiger partial charge in [0.15, 0.2) is 0 Å². The maximum atomic E-state index is 12.7. The van der Waals surface area contributed by atoms with Crippen LogP contribution in [0.1, 0.15) is 0 Å². The molecule has 13 heteroatoms. The molecule has 8 nitrogen and oxygen atoms in total. The summed E-state index contributed by atoms with van der Waals surface area (Å²) in [4.78, 5) is 8.11. The van der Waals surface area contributed by atoms with Gasteiger partial charge in [-0.2, -0.15) is 13.8 Å². The lowest BCUT2D eigenvalue weighted by Crippen LogP contribution is -2.12. The van der Waals surface area contributed by atoms with Gasteiger partial charge in [-0.3, -0.25) is 4.57 Å². The van der Waals surface area contributed by atoms with Crippen LogP contribution >= 0.6 is 23.4 Å². The number of primary sulfonamides is 1. The fourth-order valence-corrected chi connectivity index (χ4v) is 3.93. The second-order valence-electron chi connectivity index (χ2n) is 5.32. The standard InChI is InChI=1S/C15H13ClF2N4O4S2/c1-25-12-11(26-14(17)18)13(27-2)21-15(20-12)22-6-10(28(19,23)24)8-4-3-7(16)5-9(8)22/h3-6,14H,1-2H3,(H2,19,23,24). The van der Waals surface area contributed by atoms with Crippen LogP contribution in [0, 0.1) is 0 Å². The van der Waals surface area contributed by atoms with Crippen LogP contribution < -0.4 is 14.6 Å². The van der Waals surface area contributed by atoms with Crippen LogP contribution in [-0.2, 0) is 10.0 Å². The van der Waals surface area contributed by atoms with Gasteiger partial charge in [-0.25, -0.2) is 18.5 Å². The second kappa shape index (κ2) is 7.70. The number of benzene rings is 1. The van der Waals surface area contributed by atoms with Crippen LogP contribution in [0.15, 0.2) is 34.3 Å². The molecule has 2 N–H and O–H groups in total. The monoisotopic (exact) mass is 450 g/mol. The average Bonchev–Trinajstić information content (AvgIpc) is 3.00. The van der Waals surface area contributed by atoms with Gasteiger partial charge < -0.3 is 9.47 Å². The van der Waals surface area contributed by atoms with Crippen molar-refractivity contribution in [1.29, 1.82) is 0 Å². The molecule has 2 heterocycles. The van der Waals surface area contributed by atoms with E-state index >= 15 is 0 Å². The van der Waals surface area contributed by atoms with E-state index in [2.05, 4.69) is 14.7 Å². The molecule has 0 spiro atoms. The molecule has 1 aromatic carbocycles. The first-order valence-corrected chi connectivity index (χ1v) is 10.6. The van der Waals surface area contributed by atoms with Crippen LogP contribution in [0.4, 0.5) is 8.78 Å². The Morgan fingerprint density at radius 3 is 2.61 bits per heavy atom. The van der Waals surface area contributed by atoms with E-state index in [9.17, 15) is 17.2 Å². The predicted molar refractivity (Wildman–Crippen MR) is 100 cm³/mol. The molecule has 3 aromatic rings. The Morgan fingerprint density at radius 2 is 2.04 bits per heavy atom. The number of nitrogens with two attached hydrogens (primary N) is 1. The number of sulfonamides is 1. The highest BCUT2D eigenvalue weighted by Gasteiger charge is 2.24. The summed E-state index contributed by atoms with van der Waals surface area (Å²) in [6, 6.07) is 4.51.